The maximum Gasteiger partial charge on any atom is 0.246 e. The maximum atomic E-state index is 12.5. The van der Waals surface area contributed by atoms with Crippen molar-refractivity contribution < 1.29 is 9.53 Å². The van der Waals surface area contributed by atoms with E-state index in [1.165, 1.54) is 5.56 Å². The van der Waals surface area contributed by atoms with E-state index in [4.69, 9.17) is 21.3 Å². The lowest BCUT2D eigenvalue weighted by Crippen LogP contribution is -2.48. The zero-order valence-electron chi connectivity index (χ0n) is 16.4. The molecule has 0 bridgehead atoms. The number of nitrogens with zero attached hydrogens (tertiary/aromatic N) is 3. The van der Waals surface area contributed by atoms with E-state index in [1.807, 2.05) is 35.2 Å². The number of carbonyl (C=O) groups excluding carboxylic acids is 1. The van der Waals surface area contributed by atoms with Crippen LogP contribution in [0.25, 0.3) is 16.3 Å². The molecule has 4 rings (SSSR count). The number of thiazole rings is 1. The summed E-state index contributed by atoms with van der Waals surface area (Å²) in [6, 6.07) is 11.5. The Balaban J connectivity index is 1.43. The molecule has 1 saturated heterocycles. The summed E-state index contributed by atoms with van der Waals surface area (Å²) < 4.78 is 6.61. The van der Waals surface area contributed by atoms with Crippen molar-refractivity contribution >= 4 is 50.3 Å². The second-order valence-corrected chi connectivity index (χ2v) is 8.31. The highest BCUT2D eigenvalue weighted by Crippen LogP contribution is 2.36. The fourth-order valence-electron chi connectivity index (χ4n) is 3.39. The van der Waals surface area contributed by atoms with Crippen LogP contribution in [0.1, 0.15) is 11.1 Å². The Morgan fingerprint density at radius 2 is 1.93 bits per heavy atom. The second-order valence-electron chi connectivity index (χ2n) is 6.93. The van der Waals surface area contributed by atoms with Crippen molar-refractivity contribution in [1.29, 1.82) is 0 Å². The van der Waals surface area contributed by atoms with E-state index in [9.17, 15) is 4.79 Å². The minimum absolute atomic E-state index is 0.00591. The average molecular weight is 428 g/mol. The van der Waals surface area contributed by atoms with E-state index in [0.29, 0.717) is 18.1 Å². The molecule has 0 saturated carbocycles. The monoisotopic (exact) mass is 427 g/mol. The number of anilines is 1. The molecule has 29 heavy (non-hydrogen) atoms. The van der Waals surface area contributed by atoms with Gasteiger partial charge < -0.3 is 14.5 Å². The molecule has 3 aromatic rings. The molecule has 0 spiro atoms. The number of aromatic nitrogens is 1. The molecule has 0 unspecified atom stereocenters. The minimum Gasteiger partial charge on any atom is -0.494 e. The summed E-state index contributed by atoms with van der Waals surface area (Å²) in [6.45, 7) is 4.93. The summed E-state index contributed by atoms with van der Waals surface area (Å²) >= 11 is 7.83. The molecule has 1 aromatic heterocycles. The molecule has 1 aliphatic heterocycles. The van der Waals surface area contributed by atoms with Crippen LogP contribution in [0.4, 0.5) is 5.13 Å². The molecule has 0 N–H and O–H groups in total. The van der Waals surface area contributed by atoms with Gasteiger partial charge in [-0.15, -0.1) is 0 Å². The van der Waals surface area contributed by atoms with Crippen molar-refractivity contribution in [3.8, 4) is 5.75 Å². The van der Waals surface area contributed by atoms with Crippen molar-refractivity contribution in [3.63, 3.8) is 0 Å². The van der Waals surface area contributed by atoms with Crippen LogP contribution in [0, 0.1) is 6.92 Å². The average Bonchev–Trinajstić information content (AvgIpc) is 3.20. The second kappa shape index (κ2) is 8.43. The number of hydrogen-bond acceptors (Lipinski definition) is 5. The lowest BCUT2D eigenvalue weighted by atomic mass is 10.2. The highest BCUT2D eigenvalue weighted by Gasteiger charge is 2.23. The lowest BCUT2D eigenvalue weighted by Gasteiger charge is -2.34. The van der Waals surface area contributed by atoms with Gasteiger partial charge in [0.05, 0.1) is 11.8 Å². The Bertz CT molecular complexity index is 1070. The topological polar surface area (TPSA) is 45.7 Å². The van der Waals surface area contributed by atoms with Crippen molar-refractivity contribution in [2.75, 3.05) is 38.2 Å². The van der Waals surface area contributed by atoms with Crippen molar-refractivity contribution in [3.05, 3.63) is 58.6 Å². The number of ether oxygens (including phenoxy) is 1. The number of methoxy groups -OCH3 is 1. The van der Waals surface area contributed by atoms with Gasteiger partial charge >= 0.3 is 0 Å². The SMILES string of the molecule is COc1ccc(C)c2sc(N3CCN(C(=O)/C=C/c4ccccc4Cl)CC3)nc12. The normalized spacial score (nSPS) is 14.7. The van der Waals surface area contributed by atoms with E-state index in [1.54, 1.807) is 30.6 Å². The molecular formula is C22H22ClN3O2S. The van der Waals surface area contributed by atoms with E-state index in [0.717, 1.165) is 39.8 Å². The number of piperazine rings is 1. The first-order valence-corrected chi connectivity index (χ1v) is 10.7. The fourth-order valence-corrected chi connectivity index (χ4v) is 4.70. The number of rotatable bonds is 4. The van der Waals surface area contributed by atoms with Crippen LogP contribution < -0.4 is 9.64 Å². The molecule has 1 aliphatic rings. The standard InChI is InChI=1S/C22H22ClN3O2S/c1-15-7-9-18(28-2)20-21(15)29-22(24-20)26-13-11-25(12-14-26)19(27)10-8-16-5-3-4-6-17(16)23/h3-10H,11-14H2,1-2H3/b10-8+. The smallest absolute Gasteiger partial charge is 0.246 e. The maximum absolute atomic E-state index is 12.5. The molecule has 0 radical (unpaired) electrons. The molecule has 7 heteroatoms. The number of carbonyl (C=O) groups is 1. The lowest BCUT2D eigenvalue weighted by molar-refractivity contribution is -0.126. The molecule has 2 aromatic carbocycles. The molecular weight excluding hydrogens is 406 g/mol. The van der Waals surface area contributed by atoms with E-state index >= 15 is 0 Å². The van der Waals surface area contributed by atoms with Gasteiger partial charge in [0.2, 0.25) is 5.91 Å². The quantitative estimate of drug-likeness (QED) is 0.569. The Morgan fingerprint density at radius 1 is 1.17 bits per heavy atom. The fraction of sp³-hybridized carbons (Fsp3) is 0.273. The molecule has 0 atom stereocenters. The Morgan fingerprint density at radius 3 is 2.66 bits per heavy atom. The van der Waals surface area contributed by atoms with Crippen molar-refractivity contribution in [1.82, 2.24) is 9.88 Å². The van der Waals surface area contributed by atoms with Gasteiger partial charge in [0.1, 0.15) is 11.3 Å². The number of fused-ring (bicyclic) bond motifs is 1. The summed E-state index contributed by atoms with van der Waals surface area (Å²) in [4.78, 5) is 21.5. The summed E-state index contributed by atoms with van der Waals surface area (Å²) in [5.74, 6) is 0.804. The molecule has 1 fully saturated rings. The molecule has 2 heterocycles. The Labute approximate surface area is 179 Å². The van der Waals surface area contributed by atoms with Crippen molar-refractivity contribution in [2.45, 2.75) is 6.92 Å². The largest absolute Gasteiger partial charge is 0.494 e. The zero-order chi connectivity index (χ0) is 20.4. The van der Waals surface area contributed by atoms with Crippen LogP contribution in [0.2, 0.25) is 5.02 Å². The highest BCUT2D eigenvalue weighted by molar-refractivity contribution is 7.22. The first kappa shape index (κ1) is 19.7. The number of amides is 1. The van der Waals surface area contributed by atoms with Crippen LogP contribution in [0.3, 0.4) is 0 Å². The van der Waals surface area contributed by atoms with E-state index in [-0.39, 0.29) is 5.91 Å². The summed E-state index contributed by atoms with van der Waals surface area (Å²) in [5.41, 5.74) is 2.96. The van der Waals surface area contributed by atoms with Crippen LogP contribution in [0.15, 0.2) is 42.5 Å². The molecule has 5 nitrogen and oxygen atoms in total. The summed E-state index contributed by atoms with van der Waals surface area (Å²) in [5, 5.41) is 1.62. The van der Waals surface area contributed by atoms with Gasteiger partial charge in [-0.05, 0) is 36.3 Å². The molecule has 150 valence electrons. The minimum atomic E-state index is 0.00591. The van der Waals surface area contributed by atoms with E-state index < -0.39 is 0 Å². The van der Waals surface area contributed by atoms with Crippen LogP contribution >= 0.6 is 22.9 Å². The first-order chi connectivity index (χ1) is 14.1. The van der Waals surface area contributed by atoms with Gasteiger partial charge in [0.15, 0.2) is 5.13 Å². The predicted molar refractivity (Wildman–Crippen MR) is 120 cm³/mol. The summed E-state index contributed by atoms with van der Waals surface area (Å²) in [6.07, 6.45) is 3.38. The van der Waals surface area contributed by atoms with Crippen LogP contribution in [0.5, 0.6) is 5.75 Å². The first-order valence-electron chi connectivity index (χ1n) is 9.47. The molecule has 0 aliphatic carbocycles. The summed E-state index contributed by atoms with van der Waals surface area (Å²) in [7, 11) is 1.67. The van der Waals surface area contributed by atoms with E-state index in [2.05, 4.69) is 17.9 Å². The number of halogens is 1. The Hall–Kier alpha value is -2.57. The van der Waals surface area contributed by atoms with Gasteiger partial charge in [0.25, 0.3) is 0 Å². The van der Waals surface area contributed by atoms with Crippen LogP contribution in [-0.4, -0.2) is 49.1 Å². The molecule has 1 amide bonds. The van der Waals surface area contributed by atoms with Crippen LogP contribution in [-0.2, 0) is 4.79 Å². The third-order valence-corrected chi connectivity index (χ3v) is 6.68. The van der Waals surface area contributed by atoms with Crippen molar-refractivity contribution in [2.24, 2.45) is 0 Å². The number of aryl methyl sites for hydroxylation is 1. The third kappa shape index (κ3) is 4.09. The van der Waals surface area contributed by atoms with Gasteiger partial charge in [-0.1, -0.05) is 47.2 Å². The highest BCUT2D eigenvalue weighted by atomic mass is 35.5. The van der Waals surface area contributed by atoms with Gasteiger partial charge in [0, 0.05) is 37.3 Å². The number of benzene rings is 2. The third-order valence-electron chi connectivity index (χ3n) is 5.08. The predicted octanol–water partition coefficient (Wildman–Crippen LogP) is 4.63. The zero-order valence-corrected chi connectivity index (χ0v) is 18.0. The van der Waals surface area contributed by atoms with Gasteiger partial charge in [-0.2, -0.15) is 0 Å². The van der Waals surface area contributed by atoms with Gasteiger partial charge in [-0.3, -0.25) is 4.79 Å². The number of hydrogen-bond donors (Lipinski definition) is 0. The van der Waals surface area contributed by atoms with Gasteiger partial charge in [-0.25, -0.2) is 4.98 Å². The Kier molecular flexibility index (Phi) is 5.74.